The van der Waals surface area contributed by atoms with Crippen LogP contribution < -0.4 is 9.80 Å². The van der Waals surface area contributed by atoms with Crippen LogP contribution in [0.1, 0.15) is 0 Å². The molecule has 130 valence electrons. The van der Waals surface area contributed by atoms with Crippen molar-refractivity contribution in [3.63, 3.8) is 0 Å². The van der Waals surface area contributed by atoms with E-state index in [4.69, 9.17) is 0 Å². The SMILES string of the molecule is Cn1cnc2ncnc(N3CCN(c4ccnc5ccccc45)CC3)c21. The van der Waals surface area contributed by atoms with E-state index >= 15 is 0 Å². The third-order valence-electron chi connectivity index (χ3n) is 5.04. The molecule has 0 unspecified atom stereocenters. The zero-order chi connectivity index (χ0) is 17.5. The molecule has 3 aromatic heterocycles. The molecule has 0 spiro atoms. The second-order valence-electron chi connectivity index (χ2n) is 6.55. The number of aryl methyl sites for hydroxylation is 1. The molecule has 0 bridgehead atoms. The Labute approximate surface area is 150 Å². The number of benzene rings is 1. The summed E-state index contributed by atoms with van der Waals surface area (Å²) in [7, 11) is 1.99. The minimum Gasteiger partial charge on any atom is -0.367 e. The van der Waals surface area contributed by atoms with E-state index in [0.717, 1.165) is 48.7 Å². The van der Waals surface area contributed by atoms with Gasteiger partial charge in [-0.05, 0) is 12.1 Å². The summed E-state index contributed by atoms with van der Waals surface area (Å²) in [6.07, 6.45) is 5.29. The number of pyridine rings is 1. The van der Waals surface area contributed by atoms with Crippen LogP contribution in [0.3, 0.4) is 0 Å². The van der Waals surface area contributed by atoms with Crippen LogP contribution in [0, 0.1) is 0 Å². The lowest BCUT2D eigenvalue weighted by atomic mass is 10.1. The highest BCUT2D eigenvalue weighted by Crippen LogP contribution is 2.28. The van der Waals surface area contributed by atoms with Crippen molar-refractivity contribution in [3.05, 3.63) is 49.2 Å². The molecule has 1 fully saturated rings. The molecule has 0 aliphatic carbocycles. The maximum atomic E-state index is 4.54. The van der Waals surface area contributed by atoms with E-state index in [1.54, 1.807) is 12.7 Å². The molecule has 7 nitrogen and oxygen atoms in total. The summed E-state index contributed by atoms with van der Waals surface area (Å²) < 4.78 is 1.99. The molecule has 26 heavy (non-hydrogen) atoms. The molecule has 0 saturated carbocycles. The summed E-state index contributed by atoms with van der Waals surface area (Å²) in [6.45, 7) is 3.70. The van der Waals surface area contributed by atoms with Gasteiger partial charge in [0.1, 0.15) is 11.8 Å². The van der Waals surface area contributed by atoms with Gasteiger partial charge in [-0.1, -0.05) is 18.2 Å². The van der Waals surface area contributed by atoms with Crippen molar-refractivity contribution in [2.24, 2.45) is 7.05 Å². The number of fused-ring (bicyclic) bond motifs is 2. The fourth-order valence-corrected chi connectivity index (χ4v) is 3.72. The molecule has 4 aromatic rings. The zero-order valence-electron chi connectivity index (χ0n) is 14.6. The number of para-hydroxylation sites is 1. The number of imidazole rings is 1. The van der Waals surface area contributed by atoms with Crippen molar-refractivity contribution < 1.29 is 0 Å². The van der Waals surface area contributed by atoms with Crippen molar-refractivity contribution in [3.8, 4) is 0 Å². The Bertz CT molecular complexity index is 1070. The molecule has 1 aliphatic rings. The topological polar surface area (TPSA) is 63.0 Å². The predicted molar refractivity (Wildman–Crippen MR) is 102 cm³/mol. The van der Waals surface area contributed by atoms with Gasteiger partial charge in [-0.2, -0.15) is 0 Å². The monoisotopic (exact) mass is 345 g/mol. The molecule has 1 saturated heterocycles. The van der Waals surface area contributed by atoms with E-state index in [1.165, 1.54) is 11.1 Å². The molecule has 1 aliphatic heterocycles. The molecule has 0 amide bonds. The van der Waals surface area contributed by atoms with E-state index in [-0.39, 0.29) is 0 Å². The van der Waals surface area contributed by atoms with Crippen LogP contribution >= 0.6 is 0 Å². The maximum absolute atomic E-state index is 4.54. The van der Waals surface area contributed by atoms with Crippen molar-refractivity contribution in [1.82, 2.24) is 24.5 Å². The Kier molecular flexibility index (Phi) is 3.44. The summed E-state index contributed by atoms with van der Waals surface area (Å²) in [6, 6.07) is 10.4. The van der Waals surface area contributed by atoms with Gasteiger partial charge in [-0.25, -0.2) is 15.0 Å². The van der Waals surface area contributed by atoms with E-state index in [0.29, 0.717) is 0 Å². The Morgan fingerprint density at radius 2 is 1.65 bits per heavy atom. The molecule has 0 N–H and O–H groups in total. The van der Waals surface area contributed by atoms with E-state index in [1.807, 2.05) is 23.9 Å². The largest absolute Gasteiger partial charge is 0.367 e. The average molecular weight is 345 g/mol. The lowest BCUT2D eigenvalue weighted by Gasteiger charge is -2.37. The van der Waals surface area contributed by atoms with Crippen LogP contribution in [0.25, 0.3) is 22.1 Å². The lowest BCUT2D eigenvalue weighted by Crippen LogP contribution is -2.47. The van der Waals surface area contributed by atoms with Crippen LogP contribution in [0.5, 0.6) is 0 Å². The number of hydrogen-bond donors (Lipinski definition) is 0. The van der Waals surface area contributed by atoms with Crippen LogP contribution in [-0.4, -0.2) is 50.7 Å². The van der Waals surface area contributed by atoms with Gasteiger partial charge >= 0.3 is 0 Å². The third-order valence-corrected chi connectivity index (χ3v) is 5.04. The quantitative estimate of drug-likeness (QED) is 0.555. The van der Waals surface area contributed by atoms with Crippen LogP contribution in [0.2, 0.25) is 0 Å². The van der Waals surface area contributed by atoms with Crippen LogP contribution in [0.15, 0.2) is 49.2 Å². The van der Waals surface area contributed by atoms with Gasteiger partial charge in [-0.15, -0.1) is 0 Å². The first kappa shape index (κ1) is 15.1. The minimum atomic E-state index is 0.750. The Morgan fingerprint density at radius 1 is 0.846 bits per heavy atom. The minimum absolute atomic E-state index is 0.750. The molecule has 0 radical (unpaired) electrons. The van der Waals surface area contributed by atoms with Gasteiger partial charge in [0.15, 0.2) is 11.5 Å². The second kappa shape index (κ2) is 5.94. The smallest absolute Gasteiger partial charge is 0.182 e. The fourth-order valence-electron chi connectivity index (χ4n) is 3.72. The fraction of sp³-hybridized carbons (Fsp3) is 0.263. The summed E-state index contributed by atoms with van der Waals surface area (Å²) in [4.78, 5) is 22.4. The van der Waals surface area contributed by atoms with Gasteiger partial charge in [-0.3, -0.25) is 4.98 Å². The molecule has 1 aromatic carbocycles. The number of hydrogen-bond acceptors (Lipinski definition) is 6. The number of piperazine rings is 1. The Morgan fingerprint density at radius 3 is 2.54 bits per heavy atom. The van der Waals surface area contributed by atoms with Crippen LogP contribution in [0.4, 0.5) is 11.5 Å². The number of rotatable bonds is 2. The van der Waals surface area contributed by atoms with Gasteiger partial charge in [0.2, 0.25) is 0 Å². The van der Waals surface area contributed by atoms with Crippen molar-refractivity contribution in [2.45, 2.75) is 0 Å². The summed E-state index contributed by atoms with van der Waals surface area (Å²) in [5, 5.41) is 1.21. The highest BCUT2D eigenvalue weighted by Gasteiger charge is 2.22. The van der Waals surface area contributed by atoms with Crippen LogP contribution in [-0.2, 0) is 7.05 Å². The first-order valence-electron chi connectivity index (χ1n) is 8.77. The van der Waals surface area contributed by atoms with Crippen molar-refractivity contribution in [2.75, 3.05) is 36.0 Å². The molecule has 5 rings (SSSR count). The van der Waals surface area contributed by atoms with E-state index in [9.17, 15) is 0 Å². The second-order valence-corrected chi connectivity index (χ2v) is 6.55. The highest BCUT2D eigenvalue weighted by atomic mass is 15.3. The van der Waals surface area contributed by atoms with Crippen molar-refractivity contribution in [1.29, 1.82) is 0 Å². The Hall–Kier alpha value is -3.22. The summed E-state index contributed by atoms with van der Waals surface area (Å²) in [5.74, 6) is 0.967. The van der Waals surface area contributed by atoms with Crippen molar-refractivity contribution >= 4 is 33.6 Å². The summed E-state index contributed by atoms with van der Waals surface area (Å²) in [5.41, 5.74) is 4.04. The molecular formula is C19H19N7. The maximum Gasteiger partial charge on any atom is 0.182 e. The van der Waals surface area contributed by atoms with Gasteiger partial charge in [0.25, 0.3) is 0 Å². The average Bonchev–Trinajstić information content (AvgIpc) is 3.09. The number of anilines is 2. The number of nitrogens with zero attached hydrogens (tertiary/aromatic N) is 7. The Balaban J connectivity index is 1.43. The highest BCUT2D eigenvalue weighted by molar-refractivity contribution is 5.91. The predicted octanol–water partition coefficient (Wildman–Crippen LogP) is 2.24. The zero-order valence-corrected chi connectivity index (χ0v) is 14.6. The molecular weight excluding hydrogens is 326 g/mol. The normalized spacial score (nSPS) is 15.1. The molecule has 4 heterocycles. The third kappa shape index (κ3) is 2.35. The van der Waals surface area contributed by atoms with Gasteiger partial charge < -0.3 is 14.4 Å². The number of aromatic nitrogens is 5. The molecule has 7 heteroatoms. The van der Waals surface area contributed by atoms with Gasteiger partial charge in [0.05, 0.1) is 11.8 Å². The van der Waals surface area contributed by atoms with E-state index in [2.05, 4.69) is 54.0 Å². The first-order valence-corrected chi connectivity index (χ1v) is 8.77. The summed E-state index contributed by atoms with van der Waals surface area (Å²) >= 11 is 0. The molecule has 0 atom stereocenters. The standard InChI is InChI=1S/C19H19N7/c1-24-13-23-18-17(24)19(22-12-21-18)26-10-8-25(9-11-26)16-6-7-20-15-5-3-2-4-14(15)16/h2-7,12-13H,8-11H2,1H3. The van der Waals surface area contributed by atoms with E-state index < -0.39 is 0 Å². The van der Waals surface area contributed by atoms with Gasteiger partial charge in [0, 0.05) is 50.5 Å². The first-order chi connectivity index (χ1) is 12.8. The lowest BCUT2D eigenvalue weighted by molar-refractivity contribution is 0.649.